The largest absolute Gasteiger partial charge is 0.490 e. The lowest BCUT2D eigenvalue weighted by molar-refractivity contribution is -0.192. The van der Waals surface area contributed by atoms with Crippen molar-refractivity contribution < 1.29 is 36.0 Å². The van der Waals surface area contributed by atoms with Crippen LogP contribution in [0, 0.1) is 19.8 Å². The van der Waals surface area contributed by atoms with Crippen molar-refractivity contribution in [3.63, 3.8) is 0 Å². The third-order valence-corrected chi connectivity index (χ3v) is 7.11. The van der Waals surface area contributed by atoms with E-state index >= 15 is 0 Å². The SMILES string of the molecule is Cc1cc(-c2cc(-c3cc(S(=O)(=O)N[C@@H](C)C4CC4)ccc3C)cnc2N)on1.O=C(O)C(F)(F)F. The monoisotopic (exact) mass is 526 g/mol. The number of aryl methyl sites for hydroxylation is 2. The van der Waals surface area contributed by atoms with Crippen LogP contribution >= 0.6 is 0 Å². The van der Waals surface area contributed by atoms with Gasteiger partial charge in [-0.15, -0.1) is 0 Å². The molecule has 2 heterocycles. The van der Waals surface area contributed by atoms with Crippen LogP contribution in [0.25, 0.3) is 22.5 Å². The van der Waals surface area contributed by atoms with Crippen molar-refractivity contribution in [1.29, 1.82) is 0 Å². The number of aromatic nitrogens is 2. The zero-order chi connectivity index (χ0) is 26.8. The van der Waals surface area contributed by atoms with E-state index in [4.69, 9.17) is 20.2 Å². The van der Waals surface area contributed by atoms with E-state index in [0.717, 1.165) is 35.2 Å². The first-order chi connectivity index (χ1) is 16.7. The van der Waals surface area contributed by atoms with Crippen molar-refractivity contribution in [2.45, 2.75) is 50.7 Å². The first-order valence-corrected chi connectivity index (χ1v) is 12.3. The van der Waals surface area contributed by atoms with Crippen LogP contribution in [0.4, 0.5) is 19.0 Å². The highest BCUT2D eigenvalue weighted by Crippen LogP contribution is 2.34. The summed E-state index contributed by atoms with van der Waals surface area (Å²) in [5, 5.41) is 11.0. The number of nitrogens with one attached hydrogen (secondary N) is 1. The summed E-state index contributed by atoms with van der Waals surface area (Å²) in [6.07, 6.45) is -1.30. The van der Waals surface area contributed by atoms with Gasteiger partial charge in [0.25, 0.3) is 0 Å². The Hall–Kier alpha value is -3.45. The molecule has 9 nitrogen and oxygen atoms in total. The molecule has 1 aromatic carbocycles. The molecule has 1 saturated carbocycles. The number of nitrogens with two attached hydrogens (primary N) is 1. The average Bonchev–Trinajstić information content (AvgIpc) is 3.55. The first kappa shape index (κ1) is 27.1. The molecule has 3 aromatic rings. The van der Waals surface area contributed by atoms with Crippen LogP contribution in [0.2, 0.25) is 0 Å². The van der Waals surface area contributed by atoms with Gasteiger partial charge in [-0.25, -0.2) is 22.9 Å². The van der Waals surface area contributed by atoms with Gasteiger partial charge in [0.05, 0.1) is 16.2 Å². The van der Waals surface area contributed by atoms with Crippen LogP contribution in [0.15, 0.2) is 45.9 Å². The van der Waals surface area contributed by atoms with Crippen LogP contribution < -0.4 is 10.5 Å². The molecular weight excluding hydrogens is 501 g/mol. The number of hydrogen-bond acceptors (Lipinski definition) is 7. The molecule has 1 fully saturated rings. The van der Waals surface area contributed by atoms with Crippen molar-refractivity contribution >= 4 is 21.8 Å². The summed E-state index contributed by atoms with van der Waals surface area (Å²) in [5.74, 6) is -1.47. The van der Waals surface area contributed by atoms with Crippen molar-refractivity contribution in [3.05, 3.63) is 47.8 Å². The van der Waals surface area contributed by atoms with Crippen molar-refractivity contribution in [2.75, 3.05) is 5.73 Å². The molecule has 194 valence electrons. The molecular formula is C23H25F3N4O5S. The fraction of sp³-hybridized carbons (Fsp3) is 0.348. The number of benzene rings is 1. The second kappa shape index (κ2) is 10.3. The number of nitrogen functional groups attached to an aromatic ring is 1. The lowest BCUT2D eigenvalue weighted by atomic mass is 10.00. The third kappa shape index (κ3) is 6.61. The molecule has 0 amide bonds. The standard InChI is InChI=1S/C21H24N4O3S.C2HF3O2/c1-12-4-7-17(29(26,27)25-14(3)15-5-6-15)10-18(12)16-9-19(21(22)23-11-16)20-8-13(2)24-28-20;3-2(4,5)1(6)7/h4,7-11,14-15,25H,5-6H2,1-3H3,(H2,22,23);(H,6,7)/t14-;/m0./s1. The summed E-state index contributed by atoms with van der Waals surface area (Å²) in [5.41, 5.74) is 9.86. The fourth-order valence-corrected chi connectivity index (χ4v) is 4.73. The number of alkyl halides is 3. The summed E-state index contributed by atoms with van der Waals surface area (Å²) in [6.45, 7) is 5.68. The molecule has 4 N–H and O–H groups in total. The molecule has 2 aromatic heterocycles. The number of halogens is 3. The van der Waals surface area contributed by atoms with Gasteiger partial charge in [-0.1, -0.05) is 11.2 Å². The lowest BCUT2D eigenvalue weighted by Gasteiger charge is -2.15. The minimum absolute atomic E-state index is 0.0655. The van der Waals surface area contributed by atoms with Crippen LogP contribution in [-0.2, 0) is 14.8 Å². The maximum atomic E-state index is 12.8. The van der Waals surface area contributed by atoms with Crippen LogP contribution in [-0.4, -0.2) is 41.9 Å². The summed E-state index contributed by atoms with van der Waals surface area (Å²) in [7, 11) is -3.60. The van der Waals surface area contributed by atoms with Crippen LogP contribution in [0.5, 0.6) is 0 Å². The fourth-order valence-electron chi connectivity index (χ4n) is 3.40. The number of rotatable bonds is 6. The van der Waals surface area contributed by atoms with Crippen molar-refractivity contribution in [1.82, 2.24) is 14.9 Å². The zero-order valence-corrected chi connectivity index (χ0v) is 20.4. The van der Waals surface area contributed by atoms with Crippen LogP contribution in [0.1, 0.15) is 31.0 Å². The lowest BCUT2D eigenvalue weighted by Crippen LogP contribution is -2.34. The quantitative estimate of drug-likeness (QED) is 0.430. The molecule has 13 heteroatoms. The normalized spacial score (nSPS) is 14.6. The third-order valence-electron chi connectivity index (χ3n) is 5.55. The molecule has 0 aliphatic heterocycles. The average molecular weight is 527 g/mol. The molecule has 0 bridgehead atoms. The number of sulfonamides is 1. The summed E-state index contributed by atoms with van der Waals surface area (Å²) in [4.78, 5) is 13.4. The van der Waals surface area contributed by atoms with Gasteiger partial charge in [-0.2, -0.15) is 13.2 Å². The highest BCUT2D eigenvalue weighted by atomic mass is 32.2. The highest BCUT2D eigenvalue weighted by molar-refractivity contribution is 7.89. The van der Waals surface area contributed by atoms with E-state index in [9.17, 15) is 21.6 Å². The van der Waals surface area contributed by atoms with Gasteiger partial charge in [0.1, 0.15) is 5.82 Å². The van der Waals surface area contributed by atoms with E-state index in [2.05, 4.69) is 14.9 Å². The summed E-state index contributed by atoms with van der Waals surface area (Å²) < 4.78 is 65.5. The van der Waals surface area contributed by atoms with Crippen molar-refractivity contribution in [3.8, 4) is 22.5 Å². The van der Waals surface area contributed by atoms with Gasteiger partial charge in [0, 0.05) is 23.9 Å². The number of nitrogens with zero attached hydrogens (tertiary/aromatic N) is 2. The molecule has 0 unspecified atom stereocenters. The second-order valence-electron chi connectivity index (χ2n) is 8.52. The number of anilines is 1. The first-order valence-electron chi connectivity index (χ1n) is 10.8. The predicted molar refractivity (Wildman–Crippen MR) is 125 cm³/mol. The molecule has 0 spiro atoms. The molecule has 4 rings (SSSR count). The minimum atomic E-state index is -5.08. The van der Waals surface area contributed by atoms with Gasteiger partial charge >= 0.3 is 12.1 Å². The molecule has 0 radical (unpaired) electrons. The molecule has 1 aliphatic carbocycles. The van der Waals surface area contributed by atoms with Gasteiger partial charge < -0.3 is 15.4 Å². The van der Waals surface area contributed by atoms with E-state index in [-0.39, 0.29) is 10.9 Å². The number of aliphatic carboxylic acids is 1. The zero-order valence-electron chi connectivity index (χ0n) is 19.6. The van der Waals surface area contributed by atoms with Crippen molar-refractivity contribution in [2.24, 2.45) is 5.92 Å². The Morgan fingerprint density at radius 2 is 1.83 bits per heavy atom. The Kier molecular flexibility index (Phi) is 7.74. The Labute approximate surface area is 205 Å². The Morgan fingerprint density at radius 3 is 2.36 bits per heavy atom. The van der Waals surface area contributed by atoms with Gasteiger partial charge in [-0.3, -0.25) is 0 Å². The number of hydrogen-bond donors (Lipinski definition) is 3. The second-order valence-corrected chi connectivity index (χ2v) is 10.2. The maximum absolute atomic E-state index is 12.8. The number of carboxylic acid groups (broad SMARTS) is 1. The van der Waals surface area contributed by atoms with E-state index < -0.39 is 22.2 Å². The topological polar surface area (TPSA) is 148 Å². The molecule has 0 saturated heterocycles. The molecule has 1 atom stereocenters. The maximum Gasteiger partial charge on any atom is 0.490 e. The highest BCUT2D eigenvalue weighted by Gasteiger charge is 2.38. The van der Waals surface area contributed by atoms with E-state index in [1.165, 1.54) is 0 Å². The summed E-state index contributed by atoms with van der Waals surface area (Å²) >= 11 is 0. The smallest absolute Gasteiger partial charge is 0.475 e. The van der Waals surface area contributed by atoms with Gasteiger partial charge in [-0.05, 0) is 68.9 Å². The number of carbonyl (C=O) groups is 1. The minimum Gasteiger partial charge on any atom is -0.475 e. The Balaban J connectivity index is 0.000000454. The Morgan fingerprint density at radius 1 is 1.19 bits per heavy atom. The molecule has 1 aliphatic rings. The summed E-state index contributed by atoms with van der Waals surface area (Å²) in [6, 6.07) is 8.69. The number of carboxylic acids is 1. The van der Waals surface area contributed by atoms with E-state index in [1.807, 2.05) is 26.8 Å². The van der Waals surface area contributed by atoms with Crippen LogP contribution in [0.3, 0.4) is 0 Å². The number of pyridine rings is 1. The Bertz CT molecular complexity index is 1370. The van der Waals surface area contributed by atoms with Gasteiger partial charge in [0.15, 0.2) is 5.76 Å². The van der Waals surface area contributed by atoms with Gasteiger partial charge in [0.2, 0.25) is 10.0 Å². The van der Waals surface area contributed by atoms with E-state index in [0.29, 0.717) is 23.1 Å². The molecule has 36 heavy (non-hydrogen) atoms. The predicted octanol–water partition coefficient (Wildman–Crippen LogP) is 4.31. The van der Waals surface area contributed by atoms with E-state index in [1.54, 1.807) is 30.5 Å².